The number of amides is 1. The summed E-state index contributed by atoms with van der Waals surface area (Å²) in [7, 11) is 0. The number of hydrogen-bond acceptors (Lipinski definition) is 4. The molecule has 0 saturated heterocycles. The minimum Gasteiger partial charge on any atom is -0.408 e. The van der Waals surface area contributed by atoms with Crippen molar-refractivity contribution >= 4 is 11.9 Å². The van der Waals surface area contributed by atoms with Gasteiger partial charge in [0.15, 0.2) is 0 Å². The molecule has 0 spiro atoms. The Morgan fingerprint density at radius 3 is 2.60 bits per heavy atom. The third kappa shape index (κ3) is 2.34. The largest absolute Gasteiger partial charge is 0.408 e. The summed E-state index contributed by atoms with van der Waals surface area (Å²) in [6.07, 6.45) is 2.21. The van der Waals surface area contributed by atoms with Crippen molar-refractivity contribution in [3.63, 3.8) is 0 Å². The van der Waals surface area contributed by atoms with Gasteiger partial charge in [-0.2, -0.15) is 0 Å². The first kappa shape index (κ1) is 10.1. The molecule has 1 aromatic heterocycles. The topological polar surface area (TPSA) is 68.0 Å². The molecule has 1 N–H and O–H groups in total. The number of carbonyl (C=O) groups excluding carboxylic acids is 1. The maximum Gasteiger partial charge on any atom is 0.322 e. The number of aromatic nitrogens is 2. The lowest BCUT2D eigenvalue weighted by molar-refractivity contribution is -0.123. The van der Waals surface area contributed by atoms with Crippen molar-refractivity contribution in [2.24, 2.45) is 5.41 Å². The Hall–Kier alpha value is -1.39. The second-order valence-electron chi connectivity index (χ2n) is 4.92. The van der Waals surface area contributed by atoms with Gasteiger partial charge in [0.25, 0.3) is 0 Å². The predicted octanol–water partition coefficient (Wildman–Crippen LogP) is 1.93. The first-order chi connectivity index (χ1) is 6.97. The molecule has 1 aliphatic rings. The van der Waals surface area contributed by atoms with Gasteiger partial charge in [0.2, 0.25) is 11.8 Å². The van der Waals surface area contributed by atoms with Gasteiger partial charge < -0.3 is 4.42 Å². The minimum absolute atomic E-state index is 0.117. The summed E-state index contributed by atoms with van der Waals surface area (Å²) >= 11 is 0. The van der Waals surface area contributed by atoms with E-state index in [1.165, 1.54) is 0 Å². The molecule has 2 rings (SSSR count). The second-order valence-corrected chi connectivity index (χ2v) is 4.92. The molecule has 1 saturated carbocycles. The maximum absolute atomic E-state index is 11.6. The molecule has 1 amide bonds. The van der Waals surface area contributed by atoms with Crippen LogP contribution in [0.3, 0.4) is 0 Å². The van der Waals surface area contributed by atoms with Crippen molar-refractivity contribution in [3.8, 4) is 0 Å². The molecule has 0 aliphatic heterocycles. The maximum atomic E-state index is 11.6. The van der Waals surface area contributed by atoms with Gasteiger partial charge in [-0.3, -0.25) is 10.1 Å². The first-order valence-corrected chi connectivity index (χ1v) is 5.11. The average molecular weight is 209 g/mol. The Balaban J connectivity index is 2.01. The third-order valence-electron chi connectivity index (χ3n) is 2.27. The van der Waals surface area contributed by atoms with Crippen molar-refractivity contribution in [2.75, 3.05) is 5.32 Å². The van der Waals surface area contributed by atoms with Crippen molar-refractivity contribution in [1.82, 2.24) is 10.2 Å². The Morgan fingerprint density at radius 2 is 2.07 bits per heavy atom. The highest BCUT2D eigenvalue weighted by atomic mass is 16.4. The van der Waals surface area contributed by atoms with Gasteiger partial charge in [-0.05, 0) is 12.8 Å². The van der Waals surface area contributed by atoms with Gasteiger partial charge in [0.05, 0.1) is 0 Å². The highest BCUT2D eigenvalue weighted by Crippen LogP contribution is 2.39. The zero-order valence-electron chi connectivity index (χ0n) is 9.20. The number of rotatable bonds is 2. The van der Waals surface area contributed by atoms with E-state index in [0.717, 1.165) is 12.8 Å². The van der Waals surface area contributed by atoms with E-state index in [0.29, 0.717) is 11.8 Å². The van der Waals surface area contributed by atoms with Crippen LogP contribution in [0, 0.1) is 5.41 Å². The summed E-state index contributed by atoms with van der Waals surface area (Å²) in [5.41, 5.74) is -0.450. The highest BCUT2D eigenvalue weighted by molar-refractivity contribution is 5.92. The van der Waals surface area contributed by atoms with E-state index in [4.69, 9.17) is 4.42 Å². The molecule has 82 valence electrons. The molecule has 1 heterocycles. The quantitative estimate of drug-likeness (QED) is 0.808. The van der Waals surface area contributed by atoms with Crippen LogP contribution in [0.15, 0.2) is 4.42 Å². The van der Waals surface area contributed by atoms with Gasteiger partial charge in [-0.1, -0.05) is 25.9 Å². The molecule has 0 unspecified atom stereocenters. The summed E-state index contributed by atoms with van der Waals surface area (Å²) in [5.74, 6) is 0.936. The molecular formula is C10H15N3O2. The van der Waals surface area contributed by atoms with E-state index in [9.17, 15) is 4.79 Å². The van der Waals surface area contributed by atoms with E-state index in [-0.39, 0.29) is 11.9 Å². The zero-order chi connectivity index (χ0) is 11.1. The Labute approximate surface area is 88.3 Å². The molecule has 0 aromatic carbocycles. The van der Waals surface area contributed by atoms with E-state index in [1.807, 2.05) is 20.8 Å². The summed E-state index contributed by atoms with van der Waals surface area (Å²) < 4.78 is 5.32. The molecule has 1 aromatic rings. The molecule has 0 atom stereocenters. The Bertz CT molecular complexity index is 374. The van der Waals surface area contributed by atoms with E-state index in [2.05, 4.69) is 15.5 Å². The van der Waals surface area contributed by atoms with E-state index in [1.54, 1.807) is 0 Å². The fourth-order valence-electron chi connectivity index (χ4n) is 1.06. The predicted molar refractivity (Wildman–Crippen MR) is 54.4 cm³/mol. The first-order valence-electron chi connectivity index (χ1n) is 5.11. The van der Waals surface area contributed by atoms with Crippen LogP contribution in [0.25, 0.3) is 0 Å². The smallest absolute Gasteiger partial charge is 0.322 e. The molecule has 15 heavy (non-hydrogen) atoms. The summed E-state index contributed by atoms with van der Waals surface area (Å²) in [6, 6.07) is 0.205. The molecular weight excluding hydrogens is 194 g/mol. The fourth-order valence-corrected chi connectivity index (χ4v) is 1.06. The number of hydrogen-bond donors (Lipinski definition) is 1. The summed E-state index contributed by atoms with van der Waals surface area (Å²) in [4.78, 5) is 11.6. The molecule has 5 heteroatoms. The fraction of sp³-hybridized carbons (Fsp3) is 0.700. The molecule has 1 aliphatic carbocycles. The van der Waals surface area contributed by atoms with Crippen LogP contribution in [0.1, 0.15) is 45.4 Å². The summed E-state index contributed by atoms with van der Waals surface area (Å²) in [5, 5.41) is 10.3. The van der Waals surface area contributed by atoms with Crippen LogP contribution in [0.2, 0.25) is 0 Å². The molecule has 1 fully saturated rings. The number of anilines is 1. The van der Waals surface area contributed by atoms with Crippen LogP contribution in [0.5, 0.6) is 0 Å². The van der Waals surface area contributed by atoms with Crippen molar-refractivity contribution < 1.29 is 9.21 Å². The minimum atomic E-state index is -0.450. The van der Waals surface area contributed by atoms with Crippen LogP contribution in [-0.2, 0) is 4.79 Å². The van der Waals surface area contributed by atoms with Crippen molar-refractivity contribution in [3.05, 3.63) is 5.89 Å². The molecule has 0 radical (unpaired) electrons. The van der Waals surface area contributed by atoms with E-state index >= 15 is 0 Å². The highest BCUT2D eigenvalue weighted by Gasteiger charge is 2.30. The standard InChI is InChI=1S/C10H15N3O2/c1-10(2,3)8(14)11-9-13-12-7(15-9)6-4-5-6/h6H,4-5H2,1-3H3,(H,11,13,14). The zero-order valence-corrected chi connectivity index (χ0v) is 9.20. The molecule has 0 bridgehead atoms. The van der Waals surface area contributed by atoms with Gasteiger partial charge >= 0.3 is 6.01 Å². The van der Waals surface area contributed by atoms with Crippen molar-refractivity contribution in [1.29, 1.82) is 0 Å². The normalized spacial score (nSPS) is 16.5. The third-order valence-corrected chi connectivity index (χ3v) is 2.27. The number of carbonyl (C=O) groups is 1. The van der Waals surface area contributed by atoms with Crippen LogP contribution >= 0.6 is 0 Å². The van der Waals surface area contributed by atoms with Crippen molar-refractivity contribution in [2.45, 2.75) is 39.5 Å². The average Bonchev–Trinajstić information content (AvgIpc) is 2.87. The monoisotopic (exact) mass is 209 g/mol. The lowest BCUT2D eigenvalue weighted by atomic mass is 9.96. The van der Waals surface area contributed by atoms with Crippen LogP contribution in [0.4, 0.5) is 6.01 Å². The van der Waals surface area contributed by atoms with Crippen LogP contribution in [-0.4, -0.2) is 16.1 Å². The Kier molecular flexibility index (Phi) is 2.25. The number of nitrogens with zero attached hydrogens (tertiary/aromatic N) is 2. The van der Waals surface area contributed by atoms with E-state index < -0.39 is 5.41 Å². The number of nitrogens with one attached hydrogen (secondary N) is 1. The lowest BCUT2D eigenvalue weighted by Crippen LogP contribution is -2.27. The van der Waals surface area contributed by atoms with Gasteiger partial charge in [0.1, 0.15) is 0 Å². The summed E-state index contributed by atoms with van der Waals surface area (Å²) in [6.45, 7) is 5.50. The van der Waals surface area contributed by atoms with Crippen LogP contribution < -0.4 is 5.32 Å². The van der Waals surface area contributed by atoms with Gasteiger partial charge in [-0.15, -0.1) is 5.10 Å². The lowest BCUT2D eigenvalue weighted by Gasteiger charge is -2.15. The molecule has 5 nitrogen and oxygen atoms in total. The SMILES string of the molecule is CC(C)(C)C(=O)Nc1nnc(C2CC2)o1. The second kappa shape index (κ2) is 3.32. The Morgan fingerprint density at radius 1 is 1.40 bits per heavy atom. The van der Waals surface area contributed by atoms with Gasteiger partial charge in [0, 0.05) is 11.3 Å². The van der Waals surface area contributed by atoms with Gasteiger partial charge in [-0.25, -0.2) is 0 Å².